The molecule has 1 N–H and O–H groups in total. The molecule has 114 valence electrons. The molecule has 0 spiro atoms. The van der Waals surface area contributed by atoms with E-state index in [0.717, 1.165) is 6.07 Å². The highest BCUT2D eigenvalue weighted by molar-refractivity contribution is 7.89. The van der Waals surface area contributed by atoms with Gasteiger partial charge < -0.3 is 0 Å². The van der Waals surface area contributed by atoms with Crippen LogP contribution in [0.1, 0.15) is 26.7 Å². The minimum Gasteiger partial charge on any atom is -0.207 e. The lowest BCUT2D eigenvalue weighted by Crippen LogP contribution is -2.49. The van der Waals surface area contributed by atoms with E-state index in [-0.39, 0.29) is 15.8 Å². The lowest BCUT2D eigenvalue weighted by Gasteiger charge is -2.30. The molecule has 0 aromatic heterocycles. The Balaban J connectivity index is 3.28. The SMILES string of the molecule is CCC(CC)(CCl)NS(=O)(=O)c1ccc(Cl)c(F)c1Cl. The van der Waals surface area contributed by atoms with Crippen LogP contribution in [0.3, 0.4) is 0 Å². The van der Waals surface area contributed by atoms with E-state index in [1.807, 2.05) is 13.8 Å². The number of rotatable bonds is 6. The summed E-state index contributed by atoms with van der Waals surface area (Å²) >= 11 is 17.1. The summed E-state index contributed by atoms with van der Waals surface area (Å²) in [7, 11) is -3.99. The number of hydrogen-bond acceptors (Lipinski definition) is 2. The molecule has 0 unspecified atom stereocenters. The number of hydrogen-bond donors (Lipinski definition) is 1. The van der Waals surface area contributed by atoms with Gasteiger partial charge in [-0.15, -0.1) is 11.6 Å². The van der Waals surface area contributed by atoms with Crippen LogP contribution < -0.4 is 4.72 Å². The average molecular weight is 363 g/mol. The monoisotopic (exact) mass is 361 g/mol. The van der Waals surface area contributed by atoms with Crippen molar-refractivity contribution in [3.8, 4) is 0 Å². The van der Waals surface area contributed by atoms with Crippen molar-refractivity contribution in [2.24, 2.45) is 0 Å². The fourth-order valence-electron chi connectivity index (χ4n) is 1.67. The van der Waals surface area contributed by atoms with Crippen LogP contribution in [0.4, 0.5) is 4.39 Å². The highest BCUT2D eigenvalue weighted by Gasteiger charge is 2.33. The van der Waals surface area contributed by atoms with Gasteiger partial charge in [0.25, 0.3) is 0 Å². The van der Waals surface area contributed by atoms with Gasteiger partial charge in [-0.05, 0) is 25.0 Å². The van der Waals surface area contributed by atoms with Crippen molar-refractivity contribution in [2.45, 2.75) is 37.1 Å². The Morgan fingerprint density at radius 3 is 2.25 bits per heavy atom. The zero-order valence-corrected chi connectivity index (χ0v) is 14.1. The van der Waals surface area contributed by atoms with Crippen molar-refractivity contribution in [3.05, 3.63) is 28.0 Å². The minimum absolute atomic E-state index is 0.104. The molecule has 1 rings (SSSR count). The van der Waals surface area contributed by atoms with E-state index < -0.39 is 26.4 Å². The Kier molecular flexibility index (Phi) is 6.11. The topological polar surface area (TPSA) is 46.2 Å². The molecule has 1 aromatic rings. The molecule has 0 bridgehead atoms. The Bertz CT molecular complexity index is 580. The first-order chi connectivity index (χ1) is 9.23. The first-order valence-electron chi connectivity index (χ1n) is 5.96. The predicted molar refractivity (Wildman–Crippen MR) is 80.8 cm³/mol. The third-order valence-corrected chi connectivity index (χ3v) is 6.16. The van der Waals surface area contributed by atoms with E-state index >= 15 is 0 Å². The zero-order valence-electron chi connectivity index (χ0n) is 11.0. The second-order valence-electron chi connectivity index (χ2n) is 4.40. The summed E-state index contributed by atoms with van der Waals surface area (Å²) in [5.74, 6) is -0.854. The van der Waals surface area contributed by atoms with Crippen molar-refractivity contribution in [3.63, 3.8) is 0 Å². The van der Waals surface area contributed by atoms with E-state index in [1.54, 1.807) is 0 Å². The van der Waals surface area contributed by atoms with Crippen LogP contribution in [-0.4, -0.2) is 19.8 Å². The second kappa shape index (κ2) is 6.79. The lowest BCUT2D eigenvalue weighted by molar-refractivity contribution is 0.394. The summed E-state index contributed by atoms with van der Waals surface area (Å²) in [6.07, 6.45) is 1.000. The molecule has 0 aliphatic heterocycles. The van der Waals surface area contributed by atoms with Crippen molar-refractivity contribution in [2.75, 3.05) is 5.88 Å². The molecule has 20 heavy (non-hydrogen) atoms. The average Bonchev–Trinajstić information content (AvgIpc) is 2.42. The molecule has 8 heteroatoms. The molecule has 0 amide bonds. The van der Waals surface area contributed by atoms with Gasteiger partial charge in [-0.25, -0.2) is 17.5 Å². The van der Waals surface area contributed by atoms with Crippen LogP contribution in [0.15, 0.2) is 17.0 Å². The molecule has 1 aromatic carbocycles. The largest absolute Gasteiger partial charge is 0.242 e. The van der Waals surface area contributed by atoms with E-state index in [4.69, 9.17) is 34.8 Å². The van der Waals surface area contributed by atoms with Crippen molar-refractivity contribution < 1.29 is 12.8 Å². The lowest BCUT2D eigenvalue weighted by atomic mass is 9.97. The first-order valence-corrected chi connectivity index (χ1v) is 8.73. The molecule has 0 heterocycles. The van der Waals surface area contributed by atoms with Gasteiger partial charge in [0, 0.05) is 11.4 Å². The van der Waals surface area contributed by atoms with Crippen LogP contribution >= 0.6 is 34.8 Å². The summed E-state index contributed by atoms with van der Waals surface area (Å²) in [6, 6.07) is 2.32. The number of benzene rings is 1. The number of nitrogens with one attached hydrogen (secondary N) is 1. The fraction of sp³-hybridized carbons (Fsp3) is 0.500. The third-order valence-electron chi connectivity index (χ3n) is 3.25. The molecule has 0 radical (unpaired) electrons. The van der Waals surface area contributed by atoms with Gasteiger partial charge in [0.15, 0.2) is 5.82 Å². The highest BCUT2D eigenvalue weighted by Crippen LogP contribution is 2.31. The Labute approximate surface area is 133 Å². The van der Waals surface area contributed by atoms with Crippen LogP contribution in [0.2, 0.25) is 10.0 Å². The number of halogens is 4. The first kappa shape index (κ1) is 18.0. The number of sulfonamides is 1. The molecule has 0 fully saturated rings. The standard InChI is InChI=1S/C12H15Cl3FNO2S/c1-3-12(4-2,7-13)17-20(18,19)9-6-5-8(14)11(16)10(9)15/h5-6,17H,3-4,7H2,1-2H3. The summed E-state index contributed by atoms with van der Waals surface area (Å²) < 4.78 is 40.8. The van der Waals surface area contributed by atoms with Crippen LogP contribution in [0.25, 0.3) is 0 Å². The maximum absolute atomic E-state index is 13.6. The highest BCUT2D eigenvalue weighted by atomic mass is 35.5. The maximum Gasteiger partial charge on any atom is 0.242 e. The van der Waals surface area contributed by atoms with E-state index in [9.17, 15) is 12.8 Å². The Hall–Kier alpha value is -0.0700. The van der Waals surface area contributed by atoms with Crippen molar-refractivity contribution >= 4 is 44.8 Å². The smallest absolute Gasteiger partial charge is 0.207 e. The summed E-state index contributed by atoms with van der Waals surface area (Å²) in [4.78, 5) is -0.350. The molecular formula is C12H15Cl3FNO2S. The zero-order chi connectivity index (χ0) is 15.6. The second-order valence-corrected chi connectivity index (χ2v) is 7.10. The van der Waals surface area contributed by atoms with Gasteiger partial charge in [0.05, 0.1) is 10.0 Å². The third kappa shape index (κ3) is 3.57. The van der Waals surface area contributed by atoms with Crippen molar-refractivity contribution in [1.29, 1.82) is 0 Å². The quantitative estimate of drug-likeness (QED) is 0.608. The normalized spacial score (nSPS) is 12.7. The molecule has 3 nitrogen and oxygen atoms in total. The van der Waals surface area contributed by atoms with Crippen LogP contribution in [0.5, 0.6) is 0 Å². The van der Waals surface area contributed by atoms with Gasteiger partial charge in [-0.2, -0.15) is 0 Å². The van der Waals surface area contributed by atoms with Crippen LogP contribution in [-0.2, 0) is 10.0 Å². The van der Waals surface area contributed by atoms with Crippen molar-refractivity contribution in [1.82, 2.24) is 4.72 Å². The summed E-state index contributed by atoms with van der Waals surface area (Å²) in [5.41, 5.74) is -0.792. The van der Waals surface area contributed by atoms with Gasteiger partial charge in [0.2, 0.25) is 10.0 Å². The molecule has 0 saturated heterocycles. The maximum atomic E-state index is 13.6. The van der Waals surface area contributed by atoms with E-state index in [0.29, 0.717) is 12.8 Å². The van der Waals surface area contributed by atoms with Crippen LogP contribution in [0, 0.1) is 5.82 Å². The molecule has 0 saturated carbocycles. The van der Waals surface area contributed by atoms with Gasteiger partial charge >= 0.3 is 0 Å². The van der Waals surface area contributed by atoms with Gasteiger partial charge in [-0.3, -0.25) is 0 Å². The molecular weight excluding hydrogens is 348 g/mol. The molecule has 0 aliphatic carbocycles. The summed E-state index contributed by atoms with van der Waals surface area (Å²) in [5, 5.41) is -0.760. The van der Waals surface area contributed by atoms with E-state index in [2.05, 4.69) is 4.72 Å². The van der Waals surface area contributed by atoms with E-state index in [1.165, 1.54) is 6.07 Å². The fourth-order valence-corrected chi connectivity index (χ4v) is 4.48. The number of alkyl halides is 1. The minimum atomic E-state index is -3.99. The Morgan fingerprint density at radius 1 is 1.25 bits per heavy atom. The summed E-state index contributed by atoms with van der Waals surface area (Å²) in [6.45, 7) is 3.64. The Morgan fingerprint density at radius 2 is 1.80 bits per heavy atom. The predicted octanol–water partition coefficient (Wildman–Crippen LogP) is 4.21. The molecule has 0 aliphatic rings. The van der Waals surface area contributed by atoms with Gasteiger partial charge in [-0.1, -0.05) is 37.0 Å². The van der Waals surface area contributed by atoms with Gasteiger partial charge in [0.1, 0.15) is 4.90 Å². The molecule has 0 atom stereocenters.